The molecule has 0 bridgehead atoms. The zero-order chi connectivity index (χ0) is 14.2. The molecular formula is C15H21N3OS. The van der Waals surface area contributed by atoms with Gasteiger partial charge in [0.15, 0.2) is 5.82 Å². The number of aromatic nitrogens is 2. The van der Waals surface area contributed by atoms with Gasteiger partial charge in [-0.05, 0) is 30.7 Å². The fourth-order valence-electron chi connectivity index (χ4n) is 1.75. The van der Waals surface area contributed by atoms with Gasteiger partial charge in [0.1, 0.15) is 0 Å². The van der Waals surface area contributed by atoms with Crippen LogP contribution in [0.5, 0.6) is 0 Å². The van der Waals surface area contributed by atoms with E-state index in [-0.39, 0.29) is 0 Å². The Bertz CT molecular complexity index is 510. The van der Waals surface area contributed by atoms with Crippen LogP contribution in [0.3, 0.4) is 0 Å². The van der Waals surface area contributed by atoms with Crippen molar-refractivity contribution in [1.29, 1.82) is 0 Å². The van der Waals surface area contributed by atoms with Gasteiger partial charge in [-0.2, -0.15) is 4.98 Å². The Hall–Kier alpha value is -1.33. The summed E-state index contributed by atoms with van der Waals surface area (Å²) in [5.74, 6) is 2.22. The van der Waals surface area contributed by atoms with Crippen LogP contribution in [-0.2, 0) is 18.7 Å². The lowest BCUT2D eigenvalue weighted by molar-refractivity contribution is 0.378. The van der Waals surface area contributed by atoms with E-state index in [1.165, 1.54) is 16.9 Å². The SMILES string of the molecule is CCCNCc1ccc(SCc2noc(CC)n2)cc1. The smallest absolute Gasteiger partial charge is 0.226 e. The summed E-state index contributed by atoms with van der Waals surface area (Å²) in [5, 5.41) is 7.35. The van der Waals surface area contributed by atoms with E-state index in [0.29, 0.717) is 5.89 Å². The van der Waals surface area contributed by atoms with Crippen molar-refractivity contribution in [1.82, 2.24) is 15.5 Å². The summed E-state index contributed by atoms with van der Waals surface area (Å²) in [6.07, 6.45) is 1.95. The fraction of sp³-hybridized carbons (Fsp3) is 0.467. The molecule has 0 amide bonds. The molecule has 1 heterocycles. The van der Waals surface area contributed by atoms with Crippen molar-refractivity contribution in [3.63, 3.8) is 0 Å². The maximum Gasteiger partial charge on any atom is 0.226 e. The molecule has 1 N–H and O–H groups in total. The third kappa shape index (κ3) is 4.65. The molecule has 0 atom stereocenters. The number of thioether (sulfide) groups is 1. The van der Waals surface area contributed by atoms with Gasteiger partial charge in [-0.15, -0.1) is 11.8 Å². The van der Waals surface area contributed by atoms with E-state index >= 15 is 0 Å². The fourth-order valence-corrected chi connectivity index (χ4v) is 2.49. The molecule has 0 aliphatic carbocycles. The molecule has 0 aliphatic rings. The Morgan fingerprint density at radius 1 is 1.20 bits per heavy atom. The van der Waals surface area contributed by atoms with Crippen LogP contribution in [0.1, 0.15) is 37.5 Å². The summed E-state index contributed by atoms with van der Waals surface area (Å²) in [4.78, 5) is 5.53. The summed E-state index contributed by atoms with van der Waals surface area (Å²) in [6, 6.07) is 8.63. The number of nitrogens with one attached hydrogen (secondary N) is 1. The lowest BCUT2D eigenvalue weighted by atomic mass is 10.2. The van der Waals surface area contributed by atoms with Crippen molar-refractivity contribution in [2.45, 2.75) is 43.9 Å². The Kier molecular flexibility index (Phi) is 6.08. The minimum atomic E-state index is 0.706. The van der Waals surface area contributed by atoms with E-state index in [0.717, 1.165) is 31.1 Å². The second kappa shape index (κ2) is 8.07. The lowest BCUT2D eigenvalue weighted by Gasteiger charge is -2.04. The number of nitrogens with zero attached hydrogens (tertiary/aromatic N) is 2. The first kappa shape index (κ1) is 15.1. The van der Waals surface area contributed by atoms with Crippen LogP contribution in [0.2, 0.25) is 0 Å². The van der Waals surface area contributed by atoms with Crippen molar-refractivity contribution in [3.05, 3.63) is 41.5 Å². The van der Waals surface area contributed by atoms with E-state index in [2.05, 4.69) is 46.6 Å². The molecule has 2 rings (SSSR count). The van der Waals surface area contributed by atoms with Crippen LogP contribution in [0, 0.1) is 0 Å². The van der Waals surface area contributed by atoms with Gasteiger partial charge in [-0.1, -0.05) is 31.1 Å². The first-order valence-electron chi connectivity index (χ1n) is 7.05. The van der Waals surface area contributed by atoms with E-state index in [9.17, 15) is 0 Å². The van der Waals surface area contributed by atoms with Crippen LogP contribution in [0.25, 0.3) is 0 Å². The maximum atomic E-state index is 5.09. The van der Waals surface area contributed by atoms with Gasteiger partial charge >= 0.3 is 0 Å². The molecule has 0 fully saturated rings. The zero-order valence-electron chi connectivity index (χ0n) is 12.1. The molecular weight excluding hydrogens is 270 g/mol. The number of hydrogen-bond donors (Lipinski definition) is 1. The highest BCUT2D eigenvalue weighted by atomic mass is 32.2. The van der Waals surface area contributed by atoms with Crippen molar-refractivity contribution in [3.8, 4) is 0 Å². The van der Waals surface area contributed by atoms with E-state index < -0.39 is 0 Å². The number of rotatable bonds is 8. The van der Waals surface area contributed by atoms with Gasteiger partial charge in [0, 0.05) is 17.9 Å². The van der Waals surface area contributed by atoms with Crippen LogP contribution < -0.4 is 5.32 Å². The Morgan fingerprint density at radius 2 is 2.00 bits per heavy atom. The zero-order valence-corrected chi connectivity index (χ0v) is 12.9. The maximum absolute atomic E-state index is 5.09. The predicted molar refractivity (Wildman–Crippen MR) is 81.7 cm³/mol. The first-order chi connectivity index (χ1) is 9.81. The van der Waals surface area contributed by atoms with Crippen molar-refractivity contribution in [2.24, 2.45) is 0 Å². The minimum Gasteiger partial charge on any atom is -0.339 e. The Labute approximate surface area is 124 Å². The molecule has 5 heteroatoms. The van der Waals surface area contributed by atoms with Crippen LogP contribution in [0.15, 0.2) is 33.7 Å². The highest BCUT2D eigenvalue weighted by Crippen LogP contribution is 2.22. The minimum absolute atomic E-state index is 0.706. The lowest BCUT2D eigenvalue weighted by Crippen LogP contribution is -2.13. The van der Waals surface area contributed by atoms with Crippen molar-refractivity contribution >= 4 is 11.8 Å². The Balaban J connectivity index is 1.81. The van der Waals surface area contributed by atoms with Crippen molar-refractivity contribution in [2.75, 3.05) is 6.54 Å². The second-order valence-corrected chi connectivity index (χ2v) is 5.62. The molecule has 0 spiro atoms. The highest BCUT2D eigenvalue weighted by Gasteiger charge is 2.05. The average molecular weight is 291 g/mol. The third-order valence-corrected chi connectivity index (χ3v) is 3.87. The van der Waals surface area contributed by atoms with Crippen LogP contribution in [0.4, 0.5) is 0 Å². The summed E-state index contributed by atoms with van der Waals surface area (Å²) in [5.41, 5.74) is 1.32. The molecule has 108 valence electrons. The highest BCUT2D eigenvalue weighted by molar-refractivity contribution is 7.98. The first-order valence-corrected chi connectivity index (χ1v) is 8.04. The third-order valence-electron chi connectivity index (χ3n) is 2.86. The normalized spacial score (nSPS) is 10.9. The number of hydrogen-bond acceptors (Lipinski definition) is 5. The molecule has 0 aliphatic heterocycles. The largest absolute Gasteiger partial charge is 0.339 e. The molecule has 1 aromatic carbocycles. The standard InChI is InChI=1S/C15H21N3OS/c1-3-9-16-10-12-5-7-13(8-6-12)20-11-14-17-15(4-2)19-18-14/h5-8,16H,3-4,9-11H2,1-2H3. The number of benzene rings is 1. The van der Waals surface area contributed by atoms with Gasteiger partial charge < -0.3 is 9.84 Å². The second-order valence-electron chi connectivity index (χ2n) is 4.57. The van der Waals surface area contributed by atoms with Gasteiger partial charge in [0.25, 0.3) is 0 Å². The molecule has 2 aromatic rings. The molecule has 0 saturated heterocycles. The van der Waals surface area contributed by atoms with Crippen LogP contribution >= 0.6 is 11.8 Å². The van der Waals surface area contributed by atoms with Gasteiger partial charge in [-0.25, -0.2) is 0 Å². The summed E-state index contributed by atoms with van der Waals surface area (Å²) in [6.45, 7) is 6.18. The monoisotopic (exact) mass is 291 g/mol. The quantitative estimate of drug-likeness (QED) is 0.596. The number of aryl methyl sites for hydroxylation is 1. The molecule has 0 saturated carbocycles. The predicted octanol–water partition coefficient (Wildman–Crippen LogP) is 3.42. The summed E-state index contributed by atoms with van der Waals surface area (Å²) in [7, 11) is 0. The summed E-state index contributed by atoms with van der Waals surface area (Å²) < 4.78 is 5.09. The molecule has 0 unspecified atom stereocenters. The Morgan fingerprint density at radius 3 is 2.65 bits per heavy atom. The van der Waals surface area contributed by atoms with Crippen molar-refractivity contribution < 1.29 is 4.52 Å². The molecule has 4 nitrogen and oxygen atoms in total. The average Bonchev–Trinajstić information content (AvgIpc) is 2.95. The van der Waals surface area contributed by atoms with Crippen LogP contribution in [-0.4, -0.2) is 16.7 Å². The van der Waals surface area contributed by atoms with E-state index in [4.69, 9.17) is 4.52 Å². The molecule has 1 aromatic heterocycles. The molecule has 0 radical (unpaired) electrons. The molecule has 20 heavy (non-hydrogen) atoms. The van der Waals surface area contributed by atoms with E-state index in [1.54, 1.807) is 11.8 Å². The van der Waals surface area contributed by atoms with Gasteiger partial charge in [0.2, 0.25) is 5.89 Å². The van der Waals surface area contributed by atoms with Gasteiger partial charge in [0.05, 0.1) is 5.75 Å². The van der Waals surface area contributed by atoms with Gasteiger partial charge in [-0.3, -0.25) is 0 Å². The topological polar surface area (TPSA) is 51.0 Å². The summed E-state index contributed by atoms with van der Waals surface area (Å²) >= 11 is 1.73. The van der Waals surface area contributed by atoms with E-state index in [1.807, 2.05) is 6.92 Å².